The van der Waals surface area contributed by atoms with Crippen molar-refractivity contribution in [3.8, 4) is 11.4 Å². The smallest absolute Gasteiger partial charge is 0.340 e. The van der Waals surface area contributed by atoms with E-state index in [1.807, 2.05) is 54.6 Å². The van der Waals surface area contributed by atoms with Crippen LogP contribution in [0.4, 0.5) is 0 Å². The summed E-state index contributed by atoms with van der Waals surface area (Å²) >= 11 is 7.28. The third-order valence-corrected chi connectivity index (χ3v) is 4.89. The third kappa shape index (κ3) is 4.18. The zero-order chi connectivity index (χ0) is 17.8. The van der Waals surface area contributed by atoms with Crippen LogP contribution < -0.4 is 0 Å². The molecule has 0 aliphatic rings. The summed E-state index contributed by atoms with van der Waals surface area (Å²) in [5, 5.41) is 10.7. The van der Waals surface area contributed by atoms with Crippen LogP contribution in [0.1, 0.15) is 21.6 Å². The molecular weight excluding hydrogens is 356 g/mol. The zero-order valence-corrected chi connectivity index (χ0v) is 15.0. The molecule has 1 N–H and O–H groups in total. The standard InChI is InChI=1S/C19H15ClN2O2S/c1-12-16(19(23)24)18(25-11-13-7-9-15(20)10-8-13)22-17(21-12)14-5-3-2-4-6-14/h2-10H,11H2,1H3,(H,23,24). The molecule has 0 fully saturated rings. The van der Waals surface area contributed by atoms with Crippen molar-refractivity contribution in [1.29, 1.82) is 0 Å². The Bertz CT molecular complexity index is 899. The highest BCUT2D eigenvalue weighted by atomic mass is 35.5. The van der Waals surface area contributed by atoms with Gasteiger partial charge in [0.25, 0.3) is 0 Å². The number of carbonyl (C=O) groups is 1. The van der Waals surface area contributed by atoms with Gasteiger partial charge in [0.05, 0.1) is 5.69 Å². The molecule has 6 heteroatoms. The van der Waals surface area contributed by atoms with Crippen LogP contribution in [0.25, 0.3) is 11.4 Å². The van der Waals surface area contributed by atoms with Crippen LogP contribution in [0.15, 0.2) is 59.6 Å². The molecule has 0 saturated carbocycles. The van der Waals surface area contributed by atoms with Gasteiger partial charge in [-0.25, -0.2) is 14.8 Å². The molecule has 25 heavy (non-hydrogen) atoms. The first-order valence-electron chi connectivity index (χ1n) is 7.59. The normalized spacial score (nSPS) is 10.6. The van der Waals surface area contributed by atoms with Gasteiger partial charge in [0.1, 0.15) is 10.6 Å². The van der Waals surface area contributed by atoms with Gasteiger partial charge in [-0.05, 0) is 24.6 Å². The van der Waals surface area contributed by atoms with Crippen molar-refractivity contribution in [3.63, 3.8) is 0 Å². The van der Waals surface area contributed by atoms with Crippen molar-refractivity contribution in [1.82, 2.24) is 9.97 Å². The van der Waals surface area contributed by atoms with E-state index < -0.39 is 5.97 Å². The molecule has 0 amide bonds. The predicted octanol–water partition coefficient (Wildman–Crippen LogP) is 5.10. The van der Waals surface area contributed by atoms with Crippen molar-refractivity contribution in [2.24, 2.45) is 0 Å². The summed E-state index contributed by atoms with van der Waals surface area (Å²) in [6.07, 6.45) is 0. The molecule has 1 aromatic heterocycles. The average molecular weight is 371 g/mol. The lowest BCUT2D eigenvalue weighted by Gasteiger charge is -2.10. The van der Waals surface area contributed by atoms with Crippen LogP contribution in [-0.4, -0.2) is 21.0 Å². The summed E-state index contributed by atoms with van der Waals surface area (Å²) in [5.41, 5.74) is 2.51. The molecular formula is C19H15ClN2O2S. The lowest BCUT2D eigenvalue weighted by Crippen LogP contribution is -2.08. The first kappa shape index (κ1) is 17.5. The third-order valence-electron chi connectivity index (χ3n) is 3.59. The number of hydrogen-bond donors (Lipinski definition) is 1. The molecule has 126 valence electrons. The maximum atomic E-state index is 11.6. The van der Waals surface area contributed by atoms with Gasteiger partial charge in [-0.15, -0.1) is 11.8 Å². The SMILES string of the molecule is Cc1nc(-c2ccccc2)nc(SCc2ccc(Cl)cc2)c1C(=O)O. The molecule has 0 saturated heterocycles. The average Bonchev–Trinajstić information content (AvgIpc) is 2.61. The quantitative estimate of drug-likeness (QED) is 0.500. The highest BCUT2D eigenvalue weighted by Crippen LogP contribution is 2.29. The van der Waals surface area contributed by atoms with E-state index in [0.29, 0.717) is 27.3 Å². The molecule has 4 nitrogen and oxygen atoms in total. The van der Waals surface area contributed by atoms with Crippen molar-refractivity contribution in [2.75, 3.05) is 0 Å². The molecule has 3 aromatic rings. The molecule has 3 rings (SSSR count). The maximum absolute atomic E-state index is 11.6. The molecule has 0 aliphatic carbocycles. The number of carboxylic acids is 1. The number of carboxylic acid groups (broad SMARTS) is 1. The predicted molar refractivity (Wildman–Crippen MR) is 100 cm³/mol. The van der Waals surface area contributed by atoms with Gasteiger partial charge in [0.15, 0.2) is 5.82 Å². The Kier molecular flexibility index (Phi) is 5.36. The maximum Gasteiger partial charge on any atom is 0.340 e. The number of aromatic carboxylic acids is 1. The van der Waals surface area contributed by atoms with Gasteiger partial charge < -0.3 is 5.11 Å². The lowest BCUT2D eigenvalue weighted by atomic mass is 10.2. The Labute approximate surface area is 154 Å². The van der Waals surface area contributed by atoms with E-state index in [-0.39, 0.29) is 5.56 Å². The first-order valence-corrected chi connectivity index (χ1v) is 8.95. The fourth-order valence-electron chi connectivity index (χ4n) is 2.35. The van der Waals surface area contributed by atoms with Crippen molar-refractivity contribution < 1.29 is 9.90 Å². The Balaban J connectivity index is 1.96. The molecule has 0 unspecified atom stereocenters. The first-order chi connectivity index (χ1) is 12.0. The summed E-state index contributed by atoms with van der Waals surface area (Å²) in [6, 6.07) is 17.0. The monoisotopic (exact) mass is 370 g/mol. The summed E-state index contributed by atoms with van der Waals surface area (Å²) < 4.78 is 0. The summed E-state index contributed by atoms with van der Waals surface area (Å²) in [6.45, 7) is 1.70. The van der Waals surface area contributed by atoms with E-state index in [0.717, 1.165) is 11.1 Å². The van der Waals surface area contributed by atoms with E-state index in [1.165, 1.54) is 11.8 Å². The Morgan fingerprint density at radius 2 is 1.76 bits per heavy atom. The van der Waals surface area contributed by atoms with E-state index in [4.69, 9.17) is 11.6 Å². The second-order valence-electron chi connectivity index (χ2n) is 5.40. The van der Waals surface area contributed by atoms with Crippen LogP contribution in [0.2, 0.25) is 5.02 Å². The van der Waals surface area contributed by atoms with Crippen molar-refractivity contribution >= 4 is 29.3 Å². The van der Waals surface area contributed by atoms with Crippen LogP contribution >= 0.6 is 23.4 Å². The highest BCUT2D eigenvalue weighted by molar-refractivity contribution is 7.98. The number of nitrogens with zero attached hydrogens (tertiary/aromatic N) is 2. The highest BCUT2D eigenvalue weighted by Gasteiger charge is 2.19. The number of aryl methyl sites for hydroxylation is 1. The molecule has 0 radical (unpaired) electrons. The van der Waals surface area contributed by atoms with Crippen LogP contribution in [-0.2, 0) is 5.75 Å². The van der Waals surface area contributed by atoms with E-state index >= 15 is 0 Å². The van der Waals surface area contributed by atoms with E-state index in [2.05, 4.69) is 9.97 Å². The number of rotatable bonds is 5. The topological polar surface area (TPSA) is 63.1 Å². The Morgan fingerprint density at radius 1 is 1.08 bits per heavy atom. The lowest BCUT2D eigenvalue weighted by molar-refractivity contribution is 0.0690. The number of aromatic nitrogens is 2. The van der Waals surface area contributed by atoms with Crippen LogP contribution in [0.3, 0.4) is 0 Å². The Morgan fingerprint density at radius 3 is 2.40 bits per heavy atom. The largest absolute Gasteiger partial charge is 0.478 e. The van der Waals surface area contributed by atoms with Gasteiger partial charge in [-0.1, -0.05) is 54.1 Å². The van der Waals surface area contributed by atoms with E-state index in [1.54, 1.807) is 6.92 Å². The fraction of sp³-hybridized carbons (Fsp3) is 0.105. The number of thioether (sulfide) groups is 1. The summed E-state index contributed by atoms with van der Waals surface area (Å²) in [5.74, 6) is 0.111. The molecule has 1 heterocycles. The van der Waals surface area contributed by atoms with Gasteiger partial charge in [0, 0.05) is 16.3 Å². The molecule has 0 atom stereocenters. The summed E-state index contributed by atoms with van der Waals surface area (Å²) in [4.78, 5) is 20.5. The van der Waals surface area contributed by atoms with Gasteiger partial charge in [-0.2, -0.15) is 0 Å². The van der Waals surface area contributed by atoms with Gasteiger partial charge >= 0.3 is 5.97 Å². The summed E-state index contributed by atoms with van der Waals surface area (Å²) in [7, 11) is 0. The molecule has 0 spiro atoms. The number of halogens is 1. The zero-order valence-electron chi connectivity index (χ0n) is 13.4. The Hall–Kier alpha value is -2.37. The molecule has 0 bridgehead atoms. The van der Waals surface area contributed by atoms with Gasteiger partial charge in [-0.3, -0.25) is 0 Å². The fourth-order valence-corrected chi connectivity index (χ4v) is 3.50. The minimum Gasteiger partial charge on any atom is -0.478 e. The number of benzene rings is 2. The minimum absolute atomic E-state index is 0.152. The second kappa shape index (κ2) is 7.68. The molecule has 0 aliphatic heterocycles. The van der Waals surface area contributed by atoms with E-state index in [9.17, 15) is 9.90 Å². The van der Waals surface area contributed by atoms with Crippen LogP contribution in [0.5, 0.6) is 0 Å². The second-order valence-corrected chi connectivity index (χ2v) is 6.80. The molecule has 2 aromatic carbocycles. The van der Waals surface area contributed by atoms with Crippen LogP contribution in [0, 0.1) is 6.92 Å². The minimum atomic E-state index is -1.02. The number of hydrogen-bond acceptors (Lipinski definition) is 4. The van der Waals surface area contributed by atoms with Gasteiger partial charge in [0.2, 0.25) is 0 Å². The van der Waals surface area contributed by atoms with Crippen molar-refractivity contribution in [2.45, 2.75) is 17.7 Å². The van der Waals surface area contributed by atoms with Crippen molar-refractivity contribution in [3.05, 3.63) is 76.4 Å².